The first-order valence-corrected chi connectivity index (χ1v) is 9.80. The Morgan fingerprint density at radius 2 is 1.90 bits per heavy atom. The van der Waals surface area contributed by atoms with Gasteiger partial charge in [-0.1, -0.05) is 27.2 Å². The first kappa shape index (κ1) is 18.9. The topological polar surface area (TPSA) is 61.4 Å². The number of nitrogens with one attached hydrogen (secondary N) is 2. The summed E-state index contributed by atoms with van der Waals surface area (Å²) < 4.78 is 29.0. The summed E-state index contributed by atoms with van der Waals surface area (Å²) in [6, 6.07) is 0.0978. The van der Waals surface area contributed by atoms with Crippen LogP contribution in [0.5, 0.6) is 0 Å². The van der Waals surface area contributed by atoms with Gasteiger partial charge in [-0.25, -0.2) is 0 Å². The van der Waals surface area contributed by atoms with Gasteiger partial charge in [0.05, 0.1) is 0 Å². The monoisotopic (exact) mass is 319 g/mol. The molecule has 0 radical (unpaired) electrons. The molecule has 0 aromatic carbocycles. The maximum atomic E-state index is 12.3. The molecule has 1 saturated carbocycles. The Bertz CT molecular complexity index is 386. The van der Waals surface area contributed by atoms with Crippen molar-refractivity contribution in [2.45, 2.75) is 58.9 Å². The van der Waals surface area contributed by atoms with Crippen LogP contribution in [-0.2, 0) is 10.2 Å². The zero-order valence-corrected chi connectivity index (χ0v) is 14.9. The van der Waals surface area contributed by atoms with Crippen LogP contribution in [0.3, 0.4) is 0 Å². The Balaban J connectivity index is 2.38. The van der Waals surface area contributed by atoms with Crippen LogP contribution in [0, 0.1) is 11.8 Å². The van der Waals surface area contributed by atoms with Crippen LogP contribution >= 0.6 is 0 Å². The second-order valence-electron chi connectivity index (χ2n) is 6.26. The van der Waals surface area contributed by atoms with E-state index >= 15 is 0 Å². The average molecular weight is 320 g/mol. The van der Waals surface area contributed by atoms with Crippen molar-refractivity contribution in [3.8, 4) is 0 Å². The SMILES string of the molecule is CCCNCCCN(C)S(=O)(=O)NC1CCC(CC)C1C. The number of nitrogens with zero attached hydrogens (tertiary/aromatic N) is 1. The third-order valence-electron chi connectivity index (χ3n) is 4.72. The molecule has 0 aromatic heterocycles. The van der Waals surface area contributed by atoms with Gasteiger partial charge in [0, 0.05) is 19.6 Å². The van der Waals surface area contributed by atoms with Crippen molar-refractivity contribution in [3.05, 3.63) is 0 Å². The fourth-order valence-corrected chi connectivity index (χ4v) is 4.38. The summed E-state index contributed by atoms with van der Waals surface area (Å²) in [7, 11) is -1.68. The molecular formula is C15H33N3O2S. The average Bonchev–Trinajstić information content (AvgIpc) is 2.78. The molecule has 21 heavy (non-hydrogen) atoms. The van der Waals surface area contributed by atoms with E-state index in [1.54, 1.807) is 7.05 Å². The van der Waals surface area contributed by atoms with Gasteiger partial charge in [-0.05, 0) is 50.6 Å². The van der Waals surface area contributed by atoms with E-state index in [0.29, 0.717) is 18.4 Å². The van der Waals surface area contributed by atoms with Gasteiger partial charge in [-0.3, -0.25) is 0 Å². The van der Waals surface area contributed by atoms with Crippen LogP contribution in [0.1, 0.15) is 52.9 Å². The van der Waals surface area contributed by atoms with E-state index in [-0.39, 0.29) is 6.04 Å². The van der Waals surface area contributed by atoms with Gasteiger partial charge in [-0.2, -0.15) is 17.4 Å². The smallest absolute Gasteiger partial charge is 0.279 e. The minimum atomic E-state index is -3.35. The van der Waals surface area contributed by atoms with E-state index in [9.17, 15) is 8.42 Å². The molecule has 0 spiro atoms. The molecule has 0 bridgehead atoms. The zero-order valence-electron chi connectivity index (χ0n) is 14.1. The summed E-state index contributed by atoms with van der Waals surface area (Å²) in [5, 5.41) is 3.29. The molecular weight excluding hydrogens is 286 g/mol. The van der Waals surface area contributed by atoms with Crippen LogP contribution in [0.4, 0.5) is 0 Å². The highest BCUT2D eigenvalue weighted by Crippen LogP contribution is 2.34. The van der Waals surface area contributed by atoms with E-state index in [0.717, 1.165) is 45.2 Å². The Labute approximate surface area is 131 Å². The molecule has 1 aliphatic carbocycles. The van der Waals surface area contributed by atoms with Crippen molar-refractivity contribution in [3.63, 3.8) is 0 Å². The Morgan fingerprint density at radius 3 is 2.48 bits per heavy atom. The van der Waals surface area contributed by atoms with Gasteiger partial charge >= 0.3 is 0 Å². The maximum Gasteiger partial charge on any atom is 0.279 e. The molecule has 1 aliphatic rings. The number of hydrogen-bond acceptors (Lipinski definition) is 3. The Kier molecular flexibility index (Phi) is 8.16. The quantitative estimate of drug-likeness (QED) is 0.605. The lowest BCUT2D eigenvalue weighted by atomic mass is 9.94. The van der Waals surface area contributed by atoms with Crippen LogP contribution < -0.4 is 10.0 Å². The standard InChI is InChI=1S/C15H33N3O2S/c1-5-10-16-11-7-12-18(4)21(19,20)17-15-9-8-14(6-2)13(15)3/h13-17H,5-12H2,1-4H3. The summed E-state index contributed by atoms with van der Waals surface area (Å²) >= 11 is 0. The van der Waals surface area contributed by atoms with Gasteiger partial charge in [0.1, 0.15) is 0 Å². The highest BCUT2D eigenvalue weighted by Gasteiger charge is 2.34. The molecule has 0 saturated heterocycles. The van der Waals surface area contributed by atoms with E-state index in [4.69, 9.17) is 0 Å². The molecule has 2 N–H and O–H groups in total. The van der Waals surface area contributed by atoms with Gasteiger partial charge < -0.3 is 5.32 Å². The molecule has 3 atom stereocenters. The van der Waals surface area contributed by atoms with E-state index in [2.05, 4.69) is 30.8 Å². The predicted octanol–water partition coefficient (Wildman–Crippen LogP) is 1.97. The second-order valence-corrected chi connectivity index (χ2v) is 8.07. The van der Waals surface area contributed by atoms with E-state index in [1.807, 2.05) is 0 Å². The molecule has 0 aromatic rings. The summed E-state index contributed by atoms with van der Waals surface area (Å²) in [5.74, 6) is 1.09. The Hall–Kier alpha value is -0.170. The molecule has 0 amide bonds. The fourth-order valence-electron chi connectivity index (χ4n) is 3.12. The second kappa shape index (κ2) is 9.08. The highest BCUT2D eigenvalue weighted by molar-refractivity contribution is 7.87. The minimum Gasteiger partial charge on any atom is -0.317 e. The van der Waals surface area contributed by atoms with Crippen molar-refractivity contribution in [2.75, 3.05) is 26.7 Å². The molecule has 0 aliphatic heterocycles. The highest BCUT2D eigenvalue weighted by atomic mass is 32.2. The van der Waals surface area contributed by atoms with Crippen molar-refractivity contribution in [1.82, 2.24) is 14.3 Å². The largest absolute Gasteiger partial charge is 0.317 e. The van der Waals surface area contributed by atoms with Crippen molar-refractivity contribution in [1.29, 1.82) is 0 Å². The van der Waals surface area contributed by atoms with Gasteiger partial charge in [0.25, 0.3) is 10.2 Å². The van der Waals surface area contributed by atoms with E-state index < -0.39 is 10.2 Å². The van der Waals surface area contributed by atoms with Gasteiger partial charge in [0.15, 0.2) is 0 Å². The first-order valence-electron chi connectivity index (χ1n) is 8.36. The normalized spacial score (nSPS) is 26.6. The van der Waals surface area contributed by atoms with Crippen molar-refractivity contribution < 1.29 is 8.42 Å². The van der Waals surface area contributed by atoms with Crippen LogP contribution in [0.15, 0.2) is 0 Å². The van der Waals surface area contributed by atoms with Gasteiger partial charge in [-0.15, -0.1) is 0 Å². The number of rotatable bonds is 10. The lowest BCUT2D eigenvalue weighted by molar-refractivity contribution is 0.360. The minimum absolute atomic E-state index is 0.0978. The third-order valence-corrected chi connectivity index (χ3v) is 6.32. The maximum absolute atomic E-state index is 12.3. The summed E-state index contributed by atoms with van der Waals surface area (Å²) in [5.41, 5.74) is 0. The molecule has 1 rings (SSSR count). The lowest BCUT2D eigenvalue weighted by Crippen LogP contribution is -2.45. The fraction of sp³-hybridized carbons (Fsp3) is 1.00. The number of hydrogen-bond donors (Lipinski definition) is 2. The lowest BCUT2D eigenvalue weighted by Gasteiger charge is -2.24. The molecule has 6 heteroatoms. The van der Waals surface area contributed by atoms with Crippen LogP contribution in [-0.4, -0.2) is 45.4 Å². The predicted molar refractivity (Wildman–Crippen MR) is 88.4 cm³/mol. The van der Waals surface area contributed by atoms with Crippen LogP contribution in [0.25, 0.3) is 0 Å². The molecule has 1 fully saturated rings. The Morgan fingerprint density at radius 1 is 1.19 bits per heavy atom. The summed E-state index contributed by atoms with van der Waals surface area (Å²) in [4.78, 5) is 0. The molecule has 3 unspecified atom stereocenters. The molecule has 126 valence electrons. The molecule has 0 heterocycles. The third kappa shape index (κ3) is 5.85. The van der Waals surface area contributed by atoms with Gasteiger partial charge in [0.2, 0.25) is 0 Å². The summed E-state index contributed by atoms with van der Waals surface area (Å²) in [6.07, 6.45) is 5.18. The molecule has 5 nitrogen and oxygen atoms in total. The zero-order chi connectivity index (χ0) is 15.9. The first-order chi connectivity index (χ1) is 9.92. The van der Waals surface area contributed by atoms with Crippen molar-refractivity contribution in [2.24, 2.45) is 11.8 Å². The van der Waals surface area contributed by atoms with Crippen LogP contribution in [0.2, 0.25) is 0 Å². The van der Waals surface area contributed by atoms with E-state index in [1.165, 1.54) is 4.31 Å². The summed E-state index contributed by atoms with van der Waals surface area (Å²) in [6.45, 7) is 8.90. The van der Waals surface area contributed by atoms with Crippen molar-refractivity contribution >= 4 is 10.2 Å².